The van der Waals surface area contributed by atoms with Crippen LogP contribution in [0.5, 0.6) is 0 Å². The molecular formula is C15H30ClN3O2. The topological polar surface area (TPSA) is 58.8 Å². The van der Waals surface area contributed by atoms with Gasteiger partial charge in [-0.05, 0) is 18.3 Å². The first kappa shape index (κ1) is 18.7. The highest BCUT2D eigenvalue weighted by atomic mass is 35.5. The molecule has 2 fully saturated rings. The summed E-state index contributed by atoms with van der Waals surface area (Å²) in [6.45, 7) is 10.7. The van der Waals surface area contributed by atoms with E-state index in [9.17, 15) is 4.79 Å². The van der Waals surface area contributed by atoms with Gasteiger partial charge in [0.1, 0.15) is 0 Å². The van der Waals surface area contributed by atoms with Crippen molar-refractivity contribution in [1.29, 1.82) is 0 Å². The maximum Gasteiger partial charge on any atom is 0.239 e. The van der Waals surface area contributed by atoms with Gasteiger partial charge in [0.25, 0.3) is 0 Å². The molecule has 2 heterocycles. The van der Waals surface area contributed by atoms with Gasteiger partial charge in [-0.3, -0.25) is 9.69 Å². The van der Waals surface area contributed by atoms with Crippen LogP contribution in [0.3, 0.4) is 0 Å². The maximum absolute atomic E-state index is 12.4. The molecule has 0 radical (unpaired) electrons. The van der Waals surface area contributed by atoms with E-state index in [1.165, 1.54) is 0 Å². The Hall–Kier alpha value is -0.360. The van der Waals surface area contributed by atoms with E-state index in [1.54, 1.807) is 0 Å². The normalized spacial score (nSPS) is 26.2. The quantitative estimate of drug-likeness (QED) is 0.820. The van der Waals surface area contributed by atoms with Crippen LogP contribution >= 0.6 is 12.4 Å². The molecule has 2 saturated heterocycles. The Morgan fingerprint density at radius 3 is 2.62 bits per heavy atom. The van der Waals surface area contributed by atoms with E-state index in [1.807, 2.05) is 4.90 Å². The lowest BCUT2D eigenvalue weighted by molar-refractivity contribution is -0.132. The van der Waals surface area contributed by atoms with Gasteiger partial charge in [0, 0.05) is 32.7 Å². The highest BCUT2D eigenvalue weighted by Gasteiger charge is 2.31. The zero-order valence-corrected chi connectivity index (χ0v) is 14.1. The number of rotatable bonds is 5. The smallest absolute Gasteiger partial charge is 0.239 e. The van der Waals surface area contributed by atoms with Gasteiger partial charge in [-0.1, -0.05) is 20.3 Å². The number of ether oxygens (including phenoxy) is 1. The van der Waals surface area contributed by atoms with E-state index in [4.69, 9.17) is 10.5 Å². The first-order chi connectivity index (χ1) is 9.61. The summed E-state index contributed by atoms with van der Waals surface area (Å²) < 4.78 is 5.37. The number of nitrogens with two attached hydrogens (primary N) is 1. The molecule has 0 aromatic rings. The summed E-state index contributed by atoms with van der Waals surface area (Å²) in [5.41, 5.74) is 6.06. The number of amides is 1. The van der Waals surface area contributed by atoms with E-state index in [2.05, 4.69) is 18.7 Å². The number of carbonyl (C=O) groups is 1. The summed E-state index contributed by atoms with van der Waals surface area (Å²) in [6.07, 6.45) is 2.06. The molecule has 3 atom stereocenters. The summed E-state index contributed by atoms with van der Waals surface area (Å²) in [5.74, 6) is 1.01. The molecule has 5 nitrogen and oxygen atoms in total. The lowest BCUT2D eigenvalue weighted by Gasteiger charge is -2.29. The highest BCUT2D eigenvalue weighted by molar-refractivity contribution is 5.85. The van der Waals surface area contributed by atoms with Crippen LogP contribution in [0.2, 0.25) is 0 Å². The average Bonchev–Trinajstić information content (AvgIpc) is 2.94. The Labute approximate surface area is 134 Å². The fraction of sp³-hybridized carbons (Fsp3) is 0.933. The van der Waals surface area contributed by atoms with Crippen LogP contribution in [0.1, 0.15) is 26.7 Å². The number of morpholine rings is 1. The van der Waals surface area contributed by atoms with E-state index in [0.717, 1.165) is 58.8 Å². The minimum absolute atomic E-state index is 0. The van der Waals surface area contributed by atoms with Crippen LogP contribution in [-0.2, 0) is 9.53 Å². The molecular weight excluding hydrogens is 290 g/mol. The molecule has 0 spiro atoms. The van der Waals surface area contributed by atoms with Gasteiger partial charge in [-0.15, -0.1) is 12.4 Å². The molecule has 0 aromatic carbocycles. The molecule has 0 bridgehead atoms. The highest BCUT2D eigenvalue weighted by Crippen LogP contribution is 2.20. The third-order valence-electron chi connectivity index (χ3n) is 4.76. The zero-order valence-electron chi connectivity index (χ0n) is 13.3. The summed E-state index contributed by atoms with van der Waals surface area (Å²) in [6, 6.07) is -0.331. The second-order valence-electron chi connectivity index (χ2n) is 6.26. The minimum atomic E-state index is -0.331. The van der Waals surface area contributed by atoms with Crippen molar-refractivity contribution in [2.24, 2.45) is 17.6 Å². The lowest BCUT2D eigenvalue weighted by Crippen LogP contribution is -2.46. The van der Waals surface area contributed by atoms with Gasteiger partial charge in [0.05, 0.1) is 19.3 Å². The molecule has 0 aliphatic carbocycles. The molecule has 2 aliphatic rings. The number of hydrogen-bond acceptors (Lipinski definition) is 4. The molecule has 2 N–H and O–H groups in total. The fourth-order valence-electron chi connectivity index (χ4n) is 3.04. The third kappa shape index (κ3) is 5.09. The van der Waals surface area contributed by atoms with Crippen molar-refractivity contribution in [2.45, 2.75) is 32.7 Å². The molecule has 3 unspecified atom stereocenters. The molecule has 6 heteroatoms. The van der Waals surface area contributed by atoms with Gasteiger partial charge in [0.15, 0.2) is 0 Å². The standard InChI is InChI=1S/C15H29N3O2.ClH/c1-3-12(2)14(16)15(19)18-5-4-13(11-18)10-17-6-8-20-9-7-17;/h12-14H,3-11,16H2,1-2H3;1H. The van der Waals surface area contributed by atoms with Crippen molar-refractivity contribution in [3.8, 4) is 0 Å². The van der Waals surface area contributed by atoms with Crippen molar-refractivity contribution < 1.29 is 9.53 Å². The number of nitrogens with zero attached hydrogens (tertiary/aromatic N) is 2. The monoisotopic (exact) mass is 319 g/mol. The predicted octanol–water partition coefficient (Wildman–Crippen LogP) is 0.962. The Morgan fingerprint density at radius 2 is 2.00 bits per heavy atom. The van der Waals surface area contributed by atoms with Crippen LogP contribution in [0.15, 0.2) is 0 Å². The molecule has 1 amide bonds. The Balaban J connectivity index is 0.00000220. The molecule has 2 aliphatic heterocycles. The van der Waals surface area contributed by atoms with Crippen LogP contribution in [0.4, 0.5) is 0 Å². The second-order valence-corrected chi connectivity index (χ2v) is 6.26. The minimum Gasteiger partial charge on any atom is -0.379 e. The number of carbonyl (C=O) groups excluding carboxylic acids is 1. The maximum atomic E-state index is 12.4. The molecule has 0 aromatic heterocycles. The van der Waals surface area contributed by atoms with Gasteiger partial charge in [0.2, 0.25) is 5.91 Å². The average molecular weight is 320 g/mol. The van der Waals surface area contributed by atoms with Crippen molar-refractivity contribution in [3.05, 3.63) is 0 Å². The van der Waals surface area contributed by atoms with Crippen LogP contribution in [0.25, 0.3) is 0 Å². The number of likely N-dealkylation sites (tertiary alicyclic amines) is 1. The Morgan fingerprint density at radius 1 is 1.33 bits per heavy atom. The predicted molar refractivity (Wildman–Crippen MR) is 86.6 cm³/mol. The molecule has 124 valence electrons. The van der Waals surface area contributed by atoms with Gasteiger partial charge in [-0.25, -0.2) is 0 Å². The second kappa shape index (κ2) is 8.93. The zero-order chi connectivity index (χ0) is 14.5. The van der Waals surface area contributed by atoms with Crippen LogP contribution in [-0.4, -0.2) is 67.7 Å². The Kier molecular flexibility index (Phi) is 7.95. The van der Waals surface area contributed by atoms with E-state index in [0.29, 0.717) is 5.92 Å². The largest absolute Gasteiger partial charge is 0.379 e. The van der Waals surface area contributed by atoms with Gasteiger partial charge >= 0.3 is 0 Å². The third-order valence-corrected chi connectivity index (χ3v) is 4.76. The lowest BCUT2D eigenvalue weighted by atomic mass is 9.99. The van der Waals surface area contributed by atoms with E-state index >= 15 is 0 Å². The SMILES string of the molecule is CCC(C)C(N)C(=O)N1CCC(CN2CCOCC2)C1.Cl. The summed E-state index contributed by atoms with van der Waals surface area (Å²) in [4.78, 5) is 16.8. The van der Waals surface area contributed by atoms with Crippen LogP contribution in [0, 0.1) is 11.8 Å². The molecule has 0 saturated carbocycles. The number of hydrogen-bond donors (Lipinski definition) is 1. The van der Waals surface area contributed by atoms with Crippen molar-refractivity contribution in [3.63, 3.8) is 0 Å². The van der Waals surface area contributed by atoms with Crippen molar-refractivity contribution in [1.82, 2.24) is 9.80 Å². The van der Waals surface area contributed by atoms with E-state index < -0.39 is 0 Å². The Bertz CT molecular complexity index is 324. The summed E-state index contributed by atoms with van der Waals surface area (Å²) in [7, 11) is 0. The first-order valence-electron chi connectivity index (χ1n) is 7.96. The van der Waals surface area contributed by atoms with Gasteiger partial charge in [-0.2, -0.15) is 0 Å². The van der Waals surface area contributed by atoms with Crippen molar-refractivity contribution >= 4 is 18.3 Å². The number of halogens is 1. The van der Waals surface area contributed by atoms with E-state index in [-0.39, 0.29) is 30.3 Å². The molecule has 21 heavy (non-hydrogen) atoms. The van der Waals surface area contributed by atoms with Crippen LogP contribution < -0.4 is 5.73 Å². The molecule has 2 rings (SSSR count). The summed E-state index contributed by atoms with van der Waals surface area (Å²) >= 11 is 0. The van der Waals surface area contributed by atoms with Gasteiger partial charge < -0.3 is 15.4 Å². The van der Waals surface area contributed by atoms with Crippen molar-refractivity contribution in [2.75, 3.05) is 45.9 Å². The summed E-state index contributed by atoms with van der Waals surface area (Å²) in [5, 5.41) is 0. The fourth-order valence-corrected chi connectivity index (χ4v) is 3.04. The first-order valence-corrected chi connectivity index (χ1v) is 7.96.